The zero-order valence-corrected chi connectivity index (χ0v) is 11.5. The van der Waals surface area contributed by atoms with Crippen molar-refractivity contribution < 1.29 is 9.50 Å². The SMILES string of the molecule is Cc1cc(C2(O)CC3CCCC(C2)S3)ccc1F. The van der Waals surface area contributed by atoms with Crippen LogP contribution in [-0.4, -0.2) is 15.6 Å². The van der Waals surface area contributed by atoms with E-state index in [0.29, 0.717) is 16.1 Å². The minimum Gasteiger partial charge on any atom is -0.385 e. The number of benzene rings is 1. The van der Waals surface area contributed by atoms with Crippen molar-refractivity contribution in [3.8, 4) is 0 Å². The van der Waals surface area contributed by atoms with E-state index >= 15 is 0 Å². The molecule has 1 aromatic rings. The van der Waals surface area contributed by atoms with Gasteiger partial charge in [0.05, 0.1) is 5.60 Å². The molecule has 98 valence electrons. The van der Waals surface area contributed by atoms with Crippen LogP contribution in [0.5, 0.6) is 0 Å². The van der Waals surface area contributed by atoms with Crippen molar-refractivity contribution in [3.63, 3.8) is 0 Å². The van der Waals surface area contributed by atoms with Gasteiger partial charge >= 0.3 is 0 Å². The highest BCUT2D eigenvalue weighted by Crippen LogP contribution is 2.49. The van der Waals surface area contributed by atoms with Gasteiger partial charge in [-0.1, -0.05) is 18.6 Å². The molecule has 0 aromatic heterocycles. The zero-order valence-electron chi connectivity index (χ0n) is 10.7. The Kier molecular flexibility index (Phi) is 3.15. The molecule has 2 aliphatic heterocycles. The van der Waals surface area contributed by atoms with Crippen molar-refractivity contribution in [2.75, 3.05) is 0 Å². The first-order valence-electron chi connectivity index (χ1n) is 6.71. The Morgan fingerprint density at radius 1 is 1.28 bits per heavy atom. The van der Waals surface area contributed by atoms with Gasteiger partial charge in [-0.25, -0.2) is 4.39 Å². The smallest absolute Gasteiger partial charge is 0.126 e. The molecule has 1 aromatic carbocycles. The van der Waals surface area contributed by atoms with Crippen molar-refractivity contribution in [2.24, 2.45) is 0 Å². The van der Waals surface area contributed by atoms with Crippen LogP contribution in [0.1, 0.15) is 43.2 Å². The Hall–Kier alpha value is -0.540. The molecule has 2 bridgehead atoms. The highest BCUT2D eigenvalue weighted by atomic mass is 32.2. The van der Waals surface area contributed by atoms with Gasteiger partial charge in [-0.3, -0.25) is 0 Å². The quantitative estimate of drug-likeness (QED) is 0.835. The topological polar surface area (TPSA) is 20.2 Å². The molecular weight excluding hydrogens is 247 g/mol. The molecule has 0 saturated carbocycles. The second kappa shape index (κ2) is 4.53. The summed E-state index contributed by atoms with van der Waals surface area (Å²) in [7, 11) is 0. The third kappa shape index (κ3) is 2.19. The van der Waals surface area contributed by atoms with E-state index < -0.39 is 5.60 Å². The van der Waals surface area contributed by atoms with Crippen molar-refractivity contribution in [1.82, 2.24) is 0 Å². The monoisotopic (exact) mass is 266 g/mol. The number of hydrogen-bond donors (Lipinski definition) is 1. The van der Waals surface area contributed by atoms with Gasteiger partial charge in [-0.15, -0.1) is 0 Å². The van der Waals surface area contributed by atoms with Crippen LogP contribution in [-0.2, 0) is 5.60 Å². The molecule has 2 aliphatic rings. The molecule has 0 aliphatic carbocycles. The van der Waals surface area contributed by atoms with Crippen LogP contribution in [0.3, 0.4) is 0 Å². The molecule has 18 heavy (non-hydrogen) atoms. The van der Waals surface area contributed by atoms with Gasteiger partial charge in [0.1, 0.15) is 5.82 Å². The van der Waals surface area contributed by atoms with Crippen LogP contribution in [0, 0.1) is 12.7 Å². The maximum atomic E-state index is 13.3. The van der Waals surface area contributed by atoms with E-state index in [1.807, 2.05) is 17.8 Å². The lowest BCUT2D eigenvalue weighted by Crippen LogP contribution is -2.40. The second-order valence-corrected chi connectivity index (χ2v) is 7.32. The van der Waals surface area contributed by atoms with E-state index in [2.05, 4.69) is 0 Å². The van der Waals surface area contributed by atoms with Gasteiger partial charge in [0.25, 0.3) is 0 Å². The van der Waals surface area contributed by atoms with Gasteiger partial charge < -0.3 is 5.11 Å². The maximum Gasteiger partial charge on any atom is 0.126 e. The summed E-state index contributed by atoms with van der Waals surface area (Å²) >= 11 is 2.04. The summed E-state index contributed by atoms with van der Waals surface area (Å²) in [5, 5.41) is 12.1. The minimum absolute atomic E-state index is 0.187. The molecule has 0 amide bonds. The Morgan fingerprint density at radius 2 is 1.94 bits per heavy atom. The largest absolute Gasteiger partial charge is 0.385 e. The third-order valence-electron chi connectivity index (χ3n) is 4.26. The van der Waals surface area contributed by atoms with Gasteiger partial charge in [0.2, 0.25) is 0 Å². The fourth-order valence-corrected chi connectivity index (χ4v) is 5.18. The summed E-state index contributed by atoms with van der Waals surface area (Å²) in [6, 6.07) is 5.06. The Balaban J connectivity index is 1.91. The maximum absolute atomic E-state index is 13.3. The lowest BCUT2D eigenvalue weighted by atomic mass is 9.80. The van der Waals surface area contributed by atoms with E-state index in [1.165, 1.54) is 25.3 Å². The lowest BCUT2D eigenvalue weighted by Gasteiger charge is -2.44. The van der Waals surface area contributed by atoms with Gasteiger partial charge in [-0.2, -0.15) is 11.8 Å². The van der Waals surface area contributed by atoms with Crippen molar-refractivity contribution >= 4 is 11.8 Å². The first-order valence-corrected chi connectivity index (χ1v) is 7.65. The van der Waals surface area contributed by atoms with Crippen molar-refractivity contribution in [2.45, 2.75) is 55.1 Å². The molecule has 2 heterocycles. The molecular formula is C15H19FOS. The number of halogens is 1. The Labute approximate surface area is 112 Å². The third-order valence-corrected chi connectivity index (χ3v) is 5.84. The van der Waals surface area contributed by atoms with Gasteiger partial charge in [0, 0.05) is 10.5 Å². The summed E-state index contributed by atoms with van der Waals surface area (Å²) in [6.07, 6.45) is 5.35. The molecule has 3 rings (SSSR count). The lowest BCUT2D eigenvalue weighted by molar-refractivity contribution is 0.00802. The molecule has 1 nitrogen and oxygen atoms in total. The van der Waals surface area contributed by atoms with Crippen LogP contribution < -0.4 is 0 Å². The molecule has 0 radical (unpaired) electrons. The number of rotatable bonds is 1. The predicted octanol–water partition coefficient (Wildman–Crippen LogP) is 3.77. The first-order chi connectivity index (χ1) is 8.57. The van der Waals surface area contributed by atoms with E-state index in [0.717, 1.165) is 18.4 Å². The molecule has 0 spiro atoms. The molecule has 2 saturated heterocycles. The summed E-state index contributed by atoms with van der Waals surface area (Å²) < 4.78 is 13.3. The number of aryl methyl sites for hydroxylation is 1. The molecule has 1 N–H and O–H groups in total. The number of aliphatic hydroxyl groups is 1. The number of fused-ring (bicyclic) bond motifs is 2. The Bertz CT molecular complexity index is 448. The number of thioether (sulfide) groups is 1. The van der Waals surface area contributed by atoms with E-state index in [4.69, 9.17) is 0 Å². The molecule has 2 fully saturated rings. The Morgan fingerprint density at radius 3 is 2.56 bits per heavy atom. The highest BCUT2D eigenvalue weighted by Gasteiger charge is 2.42. The van der Waals surface area contributed by atoms with Gasteiger partial charge in [0.15, 0.2) is 0 Å². The summed E-state index contributed by atoms with van der Waals surface area (Å²) in [5.41, 5.74) is 0.794. The predicted molar refractivity (Wildman–Crippen MR) is 73.3 cm³/mol. The highest BCUT2D eigenvalue weighted by molar-refractivity contribution is 8.00. The summed E-state index contributed by atoms with van der Waals surface area (Å²) in [5.74, 6) is -0.187. The first kappa shape index (κ1) is 12.5. The van der Waals surface area contributed by atoms with Crippen LogP contribution in [0.2, 0.25) is 0 Å². The van der Waals surface area contributed by atoms with Crippen LogP contribution in [0.4, 0.5) is 4.39 Å². The molecule has 3 heteroatoms. The average Bonchev–Trinajstić information content (AvgIpc) is 2.32. The van der Waals surface area contributed by atoms with E-state index in [1.54, 1.807) is 13.0 Å². The standard InChI is InChI=1S/C15H19FOS/c1-10-7-11(5-6-14(10)16)15(17)8-12-3-2-4-13(9-15)18-12/h5-7,12-13,17H,2-4,8-9H2,1H3. The van der Waals surface area contributed by atoms with Crippen LogP contribution >= 0.6 is 11.8 Å². The molecule has 2 atom stereocenters. The normalized spacial score (nSPS) is 35.5. The van der Waals surface area contributed by atoms with Gasteiger partial charge in [-0.05, 0) is 49.8 Å². The van der Waals surface area contributed by atoms with Crippen LogP contribution in [0.25, 0.3) is 0 Å². The fraction of sp³-hybridized carbons (Fsp3) is 0.600. The number of hydrogen-bond acceptors (Lipinski definition) is 2. The average molecular weight is 266 g/mol. The molecule has 2 unspecified atom stereocenters. The zero-order chi connectivity index (χ0) is 12.8. The van der Waals surface area contributed by atoms with Crippen molar-refractivity contribution in [3.05, 3.63) is 35.1 Å². The van der Waals surface area contributed by atoms with Crippen LogP contribution in [0.15, 0.2) is 18.2 Å². The minimum atomic E-state index is -0.737. The van der Waals surface area contributed by atoms with E-state index in [9.17, 15) is 9.50 Å². The fourth-order valence-electron chi connectivity index (χ4n) is 3.29. The van der Waals surface area contributed by atoms with Crippen molar-refractivity contribution in [1.29, 1.82) is 0 Å². The van der Waals surface area contributed by atoms with E-state index in [-0.39, 0.29) is 5.82 Å². The second-order valence-electron chi connectivity index (χ2n) is 5.71. The summed E-state index contributed by atoms with van der Waals surface area (Å²) in [6.45, 7) is 1.76. The summed E-state index contributed by atoms with van der Waals surface area (Å²) in [4.78, 5) is 0.